The molecule has 0 aliphatic rings. The monoisotopic (exact) mass is 986 g/mol. The molecule has 2 atom stereocenters. The minimum Gasteiger partial charge on any atom is -0.466 e. The quantitative estimate of drug-likeness (QED) is 0.0321. The van der Waals surface area contributed by atoms with Crippen LogP contribution in [0.5, 0.6) is 0 Å². The highest BCUT2D eigenvalue weighted by Crippen LogP contribution is 2.17. The first-order valence-corrected chi connectivity index (χ1v) is 31.6. The van der Waals surface area contributed by atoms with Gasteiger partial charge >= 0.3 is 5.97 Å². The van der Waals surface area contributed by atoms with Gasteiger partial charge in [0.1, 0.15) is 0 Å². The standard InChI is InChI=1S/C64H123NO5/c1-3-5-7-9-11-13-15-16-34-38-42-46-50-54-58-64(69)70-59-55-51-47-43-39-35-32-30-28-26-24-22-20-18-17-19-21-23-25-27-29-31-33-37-41-45-49-53-57-63(68)65-61(60-66)62(67)56-52-48-44-40-36-14-12-10-8-6-4-2/h15-18,61-62,66-67H,3-14,19-60H2,1-2H3,(H,65,68)/b16-15-,18-17-. The summed E-state index contributed by atoms with van der Waals surface area (Å²) in [5.41, 5.74) is 0. The van der Waals surface area contributed by atoms with Crippen molar-refractivity contribution in [2.75, 3.05) is 13.2 Å². The number of aliphatic hydroxyl groups is 2. The molecule has 0 aliphatic carbocycles. The Balaban J connectivity index is 3.35. The Morgan fingerprint density at radius 1 is 0.386 bits per heavy atom. The van der Waals surface area contributed by atoms with E-state index in [1.165, 1.54) is 270 Å². The Kier molecular flexibility index (Phi) is 58.5. The van der Waals surface area contributed by atoms with Crippen LogP contribution >= 0.6 is 0 Å². The van der Waals surface area contributed by atoms with Gasteiger partial charge in [-0.3, -0.25) is 9.59 Å². The molecule has 0 aliphatic heterocycles. The van der Waals surface area contributed by atoms with Crippen molar-refractivity contribution in [1.82, 2.24) is 5.32 Å². The first-order valence-electron chi connectivity index (χ1n) is 31.6. The molecule has 414 valence electrons. The van der Waals surface area contributed by atoms with Gasteiger partial charge in [0, 0.05) is 12.8 Å². The van der Waals surface area contributed by atoms with Gasteiger partial charge in [0.05, 0.1) is 25.4 Å². The zero-order chi connectivity index (χ0) is 50.7. The molecule has 0 saturated heterocycles. The molecule has 0 saturated carbocycles. The Hall–Kier alpha value is -1.66. The van der Waals surface area contributed by atoms with Crippen molar-refractivity contribution in [3.8, 4) is 0 Å². The van der Waals surface area contributed by atoms with E-state index in [2.05, 4.69) is 43.5 Å². The second kappa shape index (κ2) is 59.9. The fourth-order valence-corrected chi connectivity index (χ4v) is 9.87. The van der Waals surface area contributed by atoms with Crippen LogP contribution in [0, 0.1) is 0 Å². The number of rotatable bonds is 59. The third-order valence-corrected chi connectivity index (χ3v) is 14.7. The van der Waals surface area contributed by atoms with Crippen LogP contribution < -0.4 is 5.32 Å². The average molecular weight is 987 g/mol. The lowest BCUT2D eigenvalue weighted by molar-refractivity contribution is -0.143. The molecule has 0 aromatic heterocycles. The third kappa shape index (κ3) is 55.7. The lowest BCUT2D eigenvalue weighted by Crippen LogP contribution is -2.45. The zero-order valence-corrected chi connectivity index (χ0v) is 47.3. The minimum atomic E-state index is -0.662. The number of unbranched alkanes of at least 4 members (excludes halogenated alkanes) is 44. The zero-order valence-electron chi connectivity index (χ0n) is 47.3. The van der Waals surface area contributed by atoms with E-state index in [1.54, 1.807) is 0 Å². The Morgan fingerprint density at radius 2 is 0.671 bits per heavy atom. The van der Waals surface area contributed by atoms with Gasteiger partial charge in [0.15, 0.2) is 0 Å². The smallest absolute Gasteiger partial charge is 0.305 e. The minimum absolute atomic E-state index is 0.00747. The predicted molar refractivity (Wildman–Crippen MR) is 306 cm³/mol. The SMILES string of the molecule is CCCCCCC/C=C\CCCCCCCC(=O)OCCCCCCCCCCCCCC/C=C\CCCCCCCCCCCCCCC(=O)NC(CO)C(O)CCCCCCCCCCCCC. The molecule has 0 aromatic rings. The van der Waals surface area contributed by atoms with Gasteiger partial charge in [-0.15, -0.1) is 0 Å². The number of carbonyl (C=O) groups excluding carboxylic acids is 2. The first kappa shape index (κ1) is 68.3. The van der Waals surface area contributed by atoms with Crippen molar-refractivity contribution in [1.29, 1.82) is 0 Å². The lowest BCUT2D eigenvalue weighted by atomic mass is 10.0. The van der Waals surface area contributed by atoms with E-state index in [0.717, 1.165) is 44.9 Å². The van der Waals surface area contributed by atoms with E-state index >= 15 is 0 Å². The van der Waals surface area contributed by atoms with Gasteiger partial charge in [-0.1, -0.05) is 282 Å². The normalized spacial score (nSPS) is 12.7. The summed E-state index contributed by atoms with van der Waals surface area (Å²) in [6.45, 7) is 4.95. The molecule has 0 spiro atoms. The van der Waals surface area contributed by atoms with Crippen LogP contribution in [0.3, 0.4) is 0 Å². The van der Waals surface area contributed by atoms with Crippen LogP contribution in [0.1, 0.15) is 348 Å². The van der Waals surface area contributed by atoms with Crippen molar-refractivity contribution in [2.24, 2.45) is 0 Å². The Labute approximate surface area is 437 Å². The molecule has 2 unspecified atom stereocenters. The third-order valence-electron chi connectivity index (χ3n) is 14.7. The van der Waals surface area contributed by atoms with Crippen molar-refractivity contribution in [3.05, 3.63) is 24.3 Å². The van der Waals surface area contributed by atoms with Crippen LogP contribution in [-0.2, 0) is 14.3 Å². The summed E-state index contributed by atoms with van der Waals surface area (Å²) >= 11 is 0. The number of nitrogens with one attached hydrogen (secondary N) is 1. The molecule has 0 fully saturated rings. The summed E-state index contributed by atoms with van der Waals surface area (Å²) in [6, 6.07) is -0.539. The second-order valence-corrected chi connectivity index (χ2v) is 21.7. The molecular formula is C64H123NO5. The second-order valence-electron chi connectivity index (χ2n) is 21.7. The lowest BCUT2D eigenvalue weighted by Gasteiger charge is -2.22. The summed E-state index contributed by atoms with van der Waals surface area (Å²) in [4.78, 5) is 24.5. The van der Waals surface area contributed by atoms with Gasteiger partial charge in [0.25, 0.3) is 0 Å². The molecule has 6 heteroatoms. The number of aliphatic hydroxyl groups excluding tert-OH is 2. The van der Waals surface area contributed by atoms with Crippen LogP contribution in [0.15, 0.2) is 24.3 Å². The molecule has 3 N–H and O–H groups in total. The number of hydrogen-bond acceptors (Lipinski definition) is 5. The first-order chi connectivity index (χ1) is 34.5. The van der Waals surface area contributed by atoms with E-state index in [0.29, 0.717) is 25.9 Å². The van der Waals surface area contributed by atoms with Gasteiger partial charge in [0.2, 0.25) is 5.91 Å². The highest BCUT2D eigenvalue weighted by atomic mass is 16.5. The van der Waals surface area contributed by atoms with E-state index in [9.17, 15) is 19.8 Å². The van der Waals surface area contributed by atoms with Crippen molar-refractivity contribution < 1.29 is 24.5 Å². The largest absolute Gasteiger partial charge is 0.466 e. The number of ether oxygens (including phenoxy) is 1. The number of hydrogen-bond donors (Lipinski definition) is 3. The molecule has 0 rings (SSSR count). The summed E-state index contributed by atoms with van der Waals surface area (Å²) in [6.07, 6.45) is 73.5. The van der Waals surface area contributed by atoms with E-state index in [4.69, 9.17) is 4.74 Å². The van der Waals surface area contributed by atoms with Gasteiger partial charge in [-0.25, -0.2) is 0 Å². The van der Waals surface area contributed by atoms with Crippen molar-refractivity contribution >= 4 is 11.9 Å². The van der Waals surface area contributed by atoms with Crippen LogP contribution in [0.2, 0.25) is 0 Å². The summed E-state index contributed by atoms with van der Waals surface area (Å²) in [5.74, 6) is -0.0273. The molecule has 1 amide bonds. The Morgan fingerprint density at radius 3 is 1.01 bits per heavy atom. The molecular weight excluding hydrogens is 863 g/mol. The van der Waals surface area contributed by atoms with Crippen LogP contribution in [0.25, 0.3) is 0 Å². The van der Waals surface area contributed by atoms with E-state index < -0.39 is 12.1 Å². The number of carbonyl (C=O) groups is 2. The molecule has 6 nitrogen and oxygen atoms in total. The molecule has 0 radical (unpaired) electrons. The van der Waals surface area contributed by atoms with Gasteiger partial charge in [-0.05, 0) is 77.0 Å². The highest BCUT2D eigenvalue weighted by molar-refractivity contribution is 5.76. The summed E-state index contributed by atoms with van der Waals surface area (Å²) in [5, 5.41) is 23.2. The van der Waals surface area contributed by atoms with Crippen molar-refractivity contribution in [2.45, 2.75) is 360 Å². The molecule has 0 bridgehead atoms. The topological polar surface area (TPSA) is 95.9 Å². The maximum absolute atomic E-state index is 12.4. The molecule has 70 heavy (non-hydrogen) atoms. The van der Waals surface area contributed by atoms with E-state index in [-0.39, 0.29) is 18.5 Å². The molecule has 0 aromatic carbocycles. The predicted octanol–water partition coefficient (Wildman–Crippen LogP) is 19.8. The van der Waals surface area contributed by atoms with Gasteiger partial charge < -0.3 is 20.3 Å². The maximum atomic E-state index is 12.4. The number of allylic oxidation sites excluding steroid dienone is 4. The fraction of sp³-hybridized carbons (Fsp3) is 0.906. The number of amides is 1. The fourth-order valence-electron chi connectivity index (χ4n) is 9.87. The van der Waals surface area contributed by atoms with Crippen LogP contribution in [-0.4, -0.2) is 47.4 Å². The van der Waals surface area contributed by atoms with Gasteiger partial charge in [-0.2, -0.15) is 0 Å². The van der Waals surface area contributed by atoms with Crippen LogP contribution in [0.4, 0.5) is 0 Å². The maximum Gasteiger partial charge on any atom is 0.305 e. The van der Waals surface area contributed by atoms with Crippen molar-refractivity contribution in [3.63, 3.8) is 0 Å². The van der Waals surface area contributed by atoms with E-state index in [1.807, 2.05) is 0 Å². The number of esters is 1. The summed E-state index contributed by atoms with van der Waals surface area (Å²) in [7, 11) is 0. The molecule has 0 heterocycles. The average Bonchev–Trinajstić information content (AvgIpc) is 3.36. The Bertz CT molecular complexity index is 1090. The summed E-state index contributed by atoms with van der Waals surface area (Å²) < 4.78 is 5.48. The highest BCUT2D eigenvalue weighted by Gasteiger charge is 2.20.